The van der Waals surface area contributed by atoms with Crippen LogP contribution in [0.25, 0.3) is 26.0 Å². The second-order valence-corrected chi connectivity index (χ2v) is 6.63. The zero-order chi connectivity index (χ0) is 14.7. The van der Waals surface area contributed by atoms with Crippen molar-refractivity contribution in [3.8, 4) is 5.69 Å². The molecule has 0 unspecified atom stereocenters. The maximum absolute atomic E-state index is 13.0. The Hall–Kier alpha value is -2.46. The van der Waals surface area contributed by atoms with Crippen molar-refractivity contribution in [3.05, 3.63) is 70.3 Å². The van der Waals surface area contributed by atoms with E-state index in [-0.39, 0.29) is 5.56 Å². The molecule has 3 heterocycles. The highest BCUT2D eigenvalue weighted by Gasteiger charge is 2.21. The molecular weight excluding hydrogens is 292 g/mol. The van der Waals surface area contributed by atoms with Gasteiger partial charge in [0.25, 0.3) is 5.56 Å². The van der Waals surface area contributed by atoms with Crippen molar-refractivity contribution >= 4 is 31.6 Å². The van der Waals surface area contributed by atoms with Gasteiger partial charge in [0.2, 0.25) is 0 Å². The zero-order valence-electron chi connectivity index (χ0n) is 11.7. The van der Waals surface area contributed by atoms with Crippen molar-refractivity contribution < 1.29 is 0 Å². The first-order chi connectivity index (χ1) is 10.8. The summed E-state index contributed by atoms with van der Waals surface area (Å²) in [5, 5.41) is 1.09. The second kappa shape index (κ2) is 4.27. The topological polar surface area (TPSA) is 34.9 Å². The van der Waals surface area contributed by atoms with E-state index in [1.165, 1.54) is 16.9 Å². The molecule has 1 aliphatic heterocycles. The van der Waals surface area contributed by atoms with E-state index in [4.69, 9.17) is 4.98 Å². The van der Waals surface area contributed by atoms with Gasteiger partial charge in [-0.2, -0.15) is 0 Å². The number of nitrogens with zero attached hydrogens (tertiary/aromatic N) is 2. The minimum atomic E-state index is 0.0633. The molecule has 2 aromatic heterocycles. The van der Waals surface area contributed by atoms with Gasteiger partial charge in [-0.05, 0) is 24.1 Å². The molecule has 0 atom stereocenters. The largest absolute Gasteiger partial charge is 0.276 e. The van der Waals surface area contributed by atoms with Gasteiger partial charge in [-0.3, -0.25) is 9.36 Å². The highest BCUT2D eigenvalue weighted by molar-refractivity contribution is 7.25. The van der Waals surface area contributed by atoms with E-state index in [0.717, 1.165) is 44.7 Å². The lowest BCUT2D eigenvalue weighted by Crippen LogP contribution is -2.27. The van der Waals surface area contributed by atoms with Gasteiger partial charge in [0.15, 0.2) is 0 Å². The monoisotopic (exact) mass is 304 g/mol. The van der Waals surface area contributed by atoms with Gasteiger partial charge in [-0.1, -0.05) is 36.4 Å². The fourth-order valence-corrected chi connectivity index (χ4v) is 4.36. The third-order valence-electron chi connectivity index (χ3n) is 4.32. The van der Waals surface area contributed by atoms with Gasteiger partial charge in [-0.15, -0.1) is 11.3 Å². The Balaban J connectivity index is 1.97. The number of rotatable bonds is 0. The predicted molar refractivity (Wildman–Crippen MR) is 90.1 cm³/mol. The lowest BCUT2D eigenvalue weighted by atomic mass is 10.0. The van der Waals surface area contributed by atoms with E-state index >= 15 is 0 Å². The number of fused-ring (bicyclic) bond motifs is 6. The summed E-state index contributed by atoms with van der Waals surface area (Å²) in [5.41, 5.74) is 3.13. The first-order valence-electron chi connectivity index (χ1n) is 7.34. The molecule has 106 valence electrons. The lowest BCUT2D eigenvalue weighted by molar-refractivity contribution is 0.743. The first kappa shape index (κ1) is 12.1. The summed E-state index contributed by atoms with van der Waals surface area (Å²) in [6.07, 6.45) is 1.75. The maximum atomic E-state index is 13.0. The van der Waals surface area contributed by atoms with Crippen LogP contribution in [0.4, 0.5) is 0 Å². The van der Waals surface area contributed by atoms with Gasteiger partial charge in [0, 0.05) is 16.5 Å². The molecule has 0 saturated heterocycles. The SMILES string of the molecule is O=c1c2sc3ccccc3c2nc2n1-c1ccccc1CC2. The van der Waals surface area contributed by atoms with E-state index in [1.807, 2.05) is 30.3 Å². The number of benzene rings is 2. The molecule has 0 amide bonds. The summed E-state index contributed by atoms with van der Waals surface area (Å²) >= 11 is 1.54. The predicted octanol–water partition coefficient (Wildman–Crippen LogP) is 3.70. The first-order valence-corrected chi connectivity index (χ1v) is 8.16. The number of hydrogen-bond donors (Lipinski definition) is 0. The van der Waals surface area contributed by atoms with Crippen LogP contribution in [-0.2, 0) is 12.8 Å². The highest BCUT2D eigenvalue weighted by Crippen LogP contribution is 2.32. The standard InChI is InChI=1S/C18H12N2OS/c21-18-17-16(12-6-2-4-8-14(12)22-17)19-15-10-9-11-5-1-3-7-13(11)20(15)18/h1-8H,9-10H2. The molecule has 0 N–H and O–H groups in total. The maximum Gasteiger partial charge on any atom is 0.276 e. The summed E-state index contributed by atoms with van der Waals surface area (Å²) in [6, 6.07) is 16.2. The van der Waals surface area contributed by atoms with Crippen molar-refractivity contribution in [1.82, 2.24) is 9.55 Å². The quantitative estimate of drug-likeness (QED) is 0.496. The number of thiophene rings is 1. The summed E-state index contributed by atoms with van der Waals surface area (Å²) in [4.78, 5) is 17.9. The minimum absolute atomic E-state index is 0.0633. The van der Waals surface area contributed by atoms with Crippen molar-refractivity contribution in [2.45, 2.75) is 12.8 Å². The van der Waals surface area contributed by atoms with E-state index in [0.29, 0.717) is 0 Å². The van der Waals surface area contributed by atoms with Crippen LogP contribution >= 0.6 is 11.3 Å². The zero-order valence-corrected chi connectivity index (χ0v) is 12.6. The molecule has 0 aliphatic carbocycles. The Morgan fingerprint density at radius 3 is 2.77 bits per heavy atom. The molecule has 0 radical (unpaired) electrons. The molecular formula is C18H12N2OS. The van der Waals surface area contributed by atoms with Crippen LogP contribution in [0.3, 0.4) is 0 Å². The Morgan fingerprint density at radius 2 is 1.82 bits per heavy atom. The van der Waals surface area contributed by atoms with Crippen LogP contribution in [0.5, 0.6) is 0 Å². The van der Waals surface area contributed by atoms with Crippen molar-refractivity contribution in [3.63, 3.8) is 0 Å². The third kappa shape index (κ3) is 1.50. The van der Waals surface area contributed by atoms with Crippen LogP contribution < -0.4 is 5.56 Å². The summed E-state index contributed by atoms with van der Waals surface area (Å²) < 4.78 is 3.68. The van der Waals surface area contributed by atoms with Crippen LogP contribution in [0.2, 0.25) is 0 Å². The Bertz CT molecular complexity index is 1110. The summed E-state index contributed by atoms with van der Waals surface area (Å²) in [5.74, 6) is 0.875. The van der Waals surface area contributed by atoms with Crippen LogP contribution in [0, 0.1) is 0 Å². The second-order valence-electron chi connectivity index (χ2n) is 5.57. The molecule has 3 nitrogen and oxygen atoms in total. The minimum Gasteiger partial charge on any atom is -0.267 e. The normalized spacial score (nSPS) is 13.3. The van der Waals surface area contributed by atoms with Gasteiger partial charge >= 0.3 is 0 Å². The average Bonchev–Trinajstić information content (AvgIpc) is 2.94. The molecule has 4 aromatic rings. The fraction of sp³-hybridized carbons (Fsp3) is 0.111. The summed E-state index contributed by atoms with van der Waals surface area (Å²) in [7, 11) is 0. The average molecular weight is 304 g/mol. The third-order valence-corrected chi connectivity index (χ3v) is 5.46. The van der Waals surface area contributed by atoms with Crippen LogP contribution in [0.1, 0.15) is 11.4 Å². The van der Waals surface area contributed by atoms with Crippen LogP contribution in [-0.4, -0.2) is 9.55 Å². The Labute approximate surface area is 130 Å². The number of para-hydroxylation sites is 1. The van der Waals surface area contributed by atoms with E-state index in [2.05, 4.69) is 18.2 Å². The molecule has 0 bridgehead atoms. The molecule has 22 heavy (non-hydrogen) atoms. The molecule has 2 aromatic carbocycles. The Kier molecular flexibility index (Phi) is 2.35. The van der Waals surface area contributed by atoms with Crippen LogP contribution in [0.15, 0.2) is 53.3 Å². The molecule has 0 spiro atoms. The van der Waals surface area contributed by atoms with Gasteiger partial charge in [0.05, 0.1) is 11.2 Å². The number of aryl methyl sites for hydroxylation is 2. The summed E-state index contributed by atoms with van der Waals surface area (Å²) in [6.45, 7) is 0. The molecule has 0 saturated carbocycles. The van der Waals surface area contributed by atoms with E-state index in [1.54, 1.807) is 4.57 Å². The molecule has 1 aliphatic rings. The highest BCUT2D eigenvalue weighted by atomic mass is 32.1. The van der Waals surface area contributed by atoms with Crippen molar-refractivity contribution in [2.24, 2.45) is 0 Å². The smallest absolute Gasteiger partial charge is 0.267 e. The fourth-order valence-electron chi connectivity index (χ4n) is 3.29. The van der Waals surface area contributed by atoms with Gasteiger partial charge in [-0.25, -0.2) is 4.98 Å². The molecule has 5 rings (SSSR count). The molecule has 4 heteroatoms. The van der Waals surface area contributed by atoms with E-state index in [9.17, 15) is 4.79 Å². The van der Waals surface area contributed by atoms with E-state index < -0.39 is 0 Å². The number of aromatic nitrogens is 2. The lowest BCUT2D eigenvalue weighted by Gasteiger charge is -2.20. The molecule has 0 fully saturated rings. The Morgan fingerprint density at radius 1 is 1.00 bits per heavy atom. The van der Waals surface area contributed by atoms with Gasteiger partial charge < -0.3 is 0 Å². The van der Waals surface area contributed by atoms with Crippen molar-refractivity contribution in [2.75, 3.05) is 0 Å². The van der Waals surface area contributed by atoms with Gasteiger partial charge in [0.1, 0.15) is 10.5 Å². The van der Waals surface area contributed by atoms with Crippen molar-refractivity contribution in [1.29, 1.82) is 0 Å². The number of hydrogen-bond acceptors (Lipinski definition) is 3.